The second-order valence-corrected chi connectivity index (χ2v) is 8.23. The van der Waals surface area contributed by atoms with Crippen LogP contribution in [0.2, 0.25) is 0 Å². The first-order valence-corrected chi connectivity index (χ1v) is 11.6. The van der Waals surface area contributed by atoms with Crippen LogP contribution in [0.4, 0.5) is 0 Å². The molecule has 3 rings (SSSR count). The van der Waals surface area contributed by atoms with E-state index in [2.05, 4.69) is 59.5 Å². The van der Waals surface area contributed by atoms with E-state index in [1.807, 2.05) is 17.0 Å². The van der Waals surface area contributed by atoms with Crippen LogP contribution in [0.1, 0.15) is 17.2 Å². The molecule has 2 aromatic rings. The minimum atomic E-state index is -0.224. The number of benzene rings is 2. The number of methoxy groups -OCH3 is 2. The molecule has 0 aromatic heterocycles. The van der Waals surface area contributed by atoms with Crippen LogP contribution in [0.5, 0.6) is 0 Å². The van der Waals surface area contributed by atoms with Gasteiger partial charge in [0.15, 0.2) is 0 Å². The maximum Gasteiger partial charge on any atom is 0.266 e. The summed E-state index contributed by atoms with van der Waals surface area (Å²) in [5.41, 5.74) is 2.61. The SMILES string of the molecule is COCCN(/C=C(/C#N)C(=O)N1CCN(C(c2ccccc2)c2ccccc2)CC1)CCOC. The summed E-state index contributed by atoms with van der Waals surface area (Å²) in [5.74, 6) is -0.224. The standard InChI is InChI=1S/C27H34N4O3/c1-33-19-17-29(18-20-34-2)22-25(21-28)27(32)31-15-13-30(14-16-31)26(23-9-5-3-6-10-23)24-11-7-4-8-12-24/h3-12,22,26H,13-20H2,1-2H3/b25-22-. The zero-order valence-corrected chi connectivity index (χ0v) is 20.1. The number of nitriles is 1. The Morgan fingerprint density at radius 1 is 0.941 bits per heavy atom. The van der Waals surface area contributed by atoms with E-state index in [0.717, 1.165) is 13.1 Å². The lowest BCUT2D eigenvalue weighted by Gasteiger charge is -2.39. The highest BCUT2D eigenvalue weighted by atomic mass is 16.5. The largest absolute Gasteiger partial charge is 0.383 e. The fourth-order valence-electron chi connectivity index (χ4n) is 4.21. The second-order valence-electron chi connectivity index (χ2n) is 8.23. The molecule has 0 radical (unpaired) electrons. The molecule has 7 nitrogen and oxygen atoms in total. The normalized spacial score (nSPS) is 14.8. The average molecular weight is 463 g/mol. The van der Waals surface area contributed by atoms with Crippen molar-refractivity contribution in [3.8, 4) is 6.07 Å². The third-order valence-electron chi connectivity index (χ3n) is 6.03. The van der Waals surface area contributed by atoms with Gasteiger partial charge < -0.3 is 19.3 Å². The van der Waals surface area contributed by atoms with Crippen LogP contribution in [0.15, 0.2) is 72.4 Å². The Hall–Kier alpha value is -3.18. The molecule has 34 heavy (non-hydrogen) atoms. The summed E-state index contributed by atoms with van der Waals surface area (Å²) in [6.07, 6.45) is 1.64. The van der Waals surface area contributed by atoms with Gasteiger partial charge in [-0.15, -0.1) is 0 Å². The van der Waals surface area contributed by atoms with Crippen molar-refractivity contribution in [2.75, 3.05) is 66.7 Å². The van der Waals surface area contributed by atoms with Gasteiger partial charge in [0.25, 0.3) is 5.91 Å². The van der Waals surface area contributed by atoms with Gasteiger partial charge in [-0.1, -0.05) is 60.7 Å². The predicted octanol–water partition coefficient (Wildman–Crippen LogP) is 2.92. The lowest BCUT2D eigenvalue weighted by atomic mass is 9.96. The van der Waals surface area contributed by atoms with Crippen molar-refractivity contribution in [3.63, 3.8) is 0 Å². The van der Waals surface area contributed by atoms with Crippen LogP contribution >= 0.6 is 0 Å². The van der Waals surface area contributed by atoms with E-state index in [1.165, 1.54) is 11.1 Å². The van der Waals surface area contributed by atoms with Gasteiger partial charge in [-0.2, -0.15) is 5.26 Å². The molecule has 0 N–H and O–H groups in total. The lowest BCUT2D eigenvalue weighted by Crippen LogP contribution is -2.50. The van der Waals surface area contributed by atoms with E-state index < -0.39 is 0 Å². The van der Waals surface area contributed by atoms with E-state index in [1.54, 1.807) is 25.3 Å². The van der Waals surface area contributed by atoms with Crippen LogP contribution in [0.3, 0.4) is 0 Å². The Labute approximate surface area is 202 Å². The van der Waals surface area contributed by atoms with E-state index in [4.69, 9.17) is 9.47 Å². The molecule has 0 atom stereocenters. The maximum atomic E-state index is 13.2. The van der Waals surface area contributed by atoms with Gasteiger partial charge in [0.2, 0.25) is 0 Å². The van der Waals surface area contributed by atoms with E-state index in [0.29, 0.717) is 39.4 Å². The molecule has 0 bridgehead atoms. The molecule has 0 aliphatic carbocycles. The lowest BCUT2D eigenvalue weighted by molar-refractivity contribution is -0.128. The summed E-state index contributed by atoms with van der Waals surface area (Å²) < 4.78 is 10.3. The van der Waals surface area contributed by atoms with Crippen molar-refractivity contribution in [1.82, 2.24) is 14.7 Å². The highest BCUT2D eigenvalue weighted by Crippen LogP contribution is 2.29. The highest BCUT2D eigenvalue weighted by Gasteiger charge is 2.29. The van der Waals surface area contributed by atoms with Gasteiger partial charge in [-0.05, 0) is 11.1 Å². The fraction of sp³-hybridized carbons (Fsp3) is 0.407. The van der Waals surface area contributed by atoms with Crippen LogP contribution in [-0.2, 0) is 14.3 Å². The van der Waals surface area contributed by atoms with Crippen molar-refractivity contribution in [1.29, 1.82) is 5.26 Å². The Balaban J connectivity index is 1.70. The number of ether oxygens (including phenoxy) is 2. The minimum absolute atomic E-state index is 0.129. The molecule has 1 amide bonds. The van der Waals surface area contributed by atoms with Crippen molar-refractivity contribution in [2.24, 2.45) is 0 Å². The number of hydrogen-bond donors (Lipinski definition) is 0. The third-order valence-corrected chi connectivity index (χ3v) is 6.03. The van der Waals surface area contributed by atoms with Gasteiger partial charge in [-0.3, -0.25) is 9.69 Å². The number of nitrogens with zero attached hydrogens (tertiary/aromatic N) is 4. The predicted molar refractivity (Wildman–Crippen MR) is 132 cm³/mol. The molecule has 0 unspecified atom stereocenters. The zero-order valence-electron chi connectivity index (χ0n) is 20.1. The van der Waals surface area contributed by atoms with Crippen molar-refractivity contribution in [3.05, 3.63) is 83.6 Å². The van der Waals surface area contributed by atoms with Crippen LogP contribution < -0.4 is 0 Å². The summed E-state index contributed by atoms with van der Waals surface area (Å²) in [6.45, 7) is 4.79. The molecule has 0 spiro atoms. The molecule has 1 saturated heterocycles. The highest BCUT2D eigenvalue weighted by molar-refractivity contribution is 5.97. The van der Waals surface area contributed by atoms with Crippen molar-refractivity contribution in [2.45, 2.75) is 6.04 Å². The molecule has 1 aliphatic heterocycles. The zero-order chi connectivity index (χ0) is 24.2. The van der Waals surface area contributed by atoms with Crippen molar-refractivity contribution < 1.29 is 14.3 Å². The number of hydrogen-bond acceptors (Lipinski definition) is 6. The average Bonchev–Trinajstić information content (AvgIpc) is 2.90. The Morgan fingerprint density at radius 3 is 1.88 bits per heavy atom. The number of carbonyl (C=O) groups is 1. The quantitative estimate of drug-likeness (QED) is 0.378. The first kappa shape index (κ1) is 25.4. The molecular formula is C27H34N4O3. The van der Waals surface area contributed by atoms with Gasteiger partial charge in [0.1, 0.15) is 11.6 Å². The molecule has 1 fully saturated rings. The Kier molecular flexibility index (Phi) is 10.1. The first-order chi connectivity index (χ1) is 16.7. The molecule has 7 heteroatoms. The molecule has 1 aliphatic rings. The second kappa shape index (κ2) is 13.5. The summed E-state index contributed by atoms with van der Waals surface area (Å²) in [7, 11) is 3.26. The van der Waals surface area contributed by atoms with Crippen LogP contribution in [0.25, 0.3) is 0 Å². The first-order valence-electron chi connectivity index (χ1n) is 11.6. The molecule has 2 aromatic carbocycles. The topological polar surface area (TPSA) is 69.0 Å². The molecular weight excluding hydrogens is 428 g/mol. The Bertz CT molecular complexity index is 903. The van der Waals surface area contributed by atoms with Crippen molar-refractivity contribution >= 4 is 5.91 Å². The summed E-state index contributed by atoms with van der Waals surface area (Å²) >= 11 is 0. The van der Waals surface area contributed by atoms with E-state index in [-0.39, 0.29) is 17.5 Å². The number of piperazine rings is 1. The minimum Gasteiger partial charge on any atom is -0.383 e. The van der Waals surface area contributed by atoms with Gasteiger partial charge >= 0.3 is 0 Å². The summed E-state index contributed by atoms with van der Waals surface area (Å²) in [5, 5.41) is 9.70. The van der Waals surface area contributed by atoms with E-state index in [9.17, 15) is 10.1 Å². The monoisotopic (exact) mass is 462 g/mol. The third kappa shape index (κ3) is 6.91. The smallest absolute Gasteiger partial charge is 0.266 e. The van der Waals surface area contributed by atoms with Gasteiger partial charge in [0, 0.05) is 59.7 Å². The van der Waals surface area contributed by atoms with Crippen LogP contribution in [0, 0.1) is 11.3 Å². The molecule has 1 heterocycles. The number of carbonyl (C=O) groups excluding carboxylic acids is 1. The molecule has 0 saturated carbocycles. The molecule has 180 valence electrons. The number of amides is 1. The fourth-order valence-corrected chi connectivity index (χ4v) is 4.21. The van der Waals surface area contributed by atoms with Gasteiger partial charge in [-0.25, -0.2) is 0 Å². The Morgan fingerprint density at radius 2 is 1.44 bits per heavy atom. The number of rotatable bonds is 11. The van der Waals surface area contributed by atoms with Crippen LogP contribution in [-0.4, -0.2) is 87.3 Å². The van der Waals surface area contributed by atoms with Gasteiger partial charge in [0.05, 0.1) is 19.3 Å². The maximum absolute atomic E-state index is 13.2. The summed E-state index contributed by atoms with van der Waals surface area (Å²) in [4.78, 5) is 19.3. The van der Waals surface area contributed by atoms with E-state index >= 15 is 0 Å². The summed E-state index contributed by atoms with van der Waals surface area (Å²) in [6, 6.07) is 23.2.